The van der Waals surface area contributed by atoms with Crippen LogP contribution < -0.4 is 10.1 Å². The average molecular weight is 392 g/mol. The minimum absolute atomic E-state index is 0.0995. The van der Waals surface area contributed by atoms with E-state index in [1.165, 1.54) is 19.2 Å². The fourth-order valence-corrected chi connectivity index (χ4v) is 2.71. The van der Waals surface area contributed by atoms with Gasteiger partial charge in [0, 0.05) is 29.0 Å². The van der Waals surface area contributed by atoms with E-state index in [0.29, 0.717) is 11.3 Å². The van der Waals surface area contributed by atoms with Crippen LogP contribution >= 0.6 is 15.9 Å². The molecule has 0 aliphatic carbocycles. The van der Waals surface area contributed by atoms with Gasteiger partial charge < -0.3 is 14.5 Å². The number of hydrogen-bond acceptors (Lipinski definition) is 3. The summed E-state index contributed by atoms with van der Waals surface area (Å²) >= 11 is 3.40. The average Bonchev–Trinajstić information content (AvgIpc) is 2.96. The summed E-state index contributed by atoms with van der Waals surface area (Å²) in [4.78, 5) is 16.4. The first-order chi connectivity index (χ1) is 11.6. The summed E-state index contributed by atoms with van der Waals surface area (Å²) in [5.41, 5.74) is 1.90. The zero-order valence-corrected chi connectivity index (χ0v) is 14.5. The number of fused-ring (bicyclic) bond motifs is 1. The van der Waals surface area contributed by atoms with E-state index >= 15 is 0 Å². The number of pyridine rings is 1. The number of hydrogen-bond donors (Lipinski definition) is 1. The molecule has 5 nitrogen and oxygen atoms in total. The number of nitrogens with zero attached hydrogens (tertiary/aromatic N) is 2. The van der Waals surface area contributed by atoms with Crippen LogP contribution in [0.3, 0.4) is 0 Å². The molecular weight excluding hydrogens is 377 g/mol. The van der Waals surface area contributed by atoms with Crippen LogP contribution in [-0.4, -0.2) is 22.4 Å². The number of nitrogens with one attached hydrogen (secondary N) is 1. The maximum atomic E-state index is 13.8. The molecule has 0 saturated heterocycles. The highest BCUT2D eigenvalue weighted by molar-refractivity contribution is 9.10. The molecule has 0 spiro atoms. The lowest BCUT2D eigenvalue weighted by molar-refractivity contribution is -0.120. The van der Waals surface area contributed by atoms with Crippen LogP contribution in [0.2, 0.25) is 0 Å². The second-order valence-corrected chi connectivity index (χ2v) is 6.15. The molecule has 2 aromatic heterocycles. The Morgan fingerprint density at radius 2 is 2.21 bits per heavy atom. The maximum absolute atomic E-state index is 13.8. The quantitative estimate of drug-likeness (QED) is 0.726. The van der Waals surface area contributed by atoms with Crippen molar-refractivity contribution in [2.75, 3.05) is 7.11 Å². The molecule has 0 aliphatic rings. The van der Waals surface area contributed by atoms with E-state index in [0.717, 1.165) is 15.8 Å². The highest BCUT2D eigenvalue weighted by Crippen LogP contribution is 2.17. The molecule has 0 atom stereocenters. The SMILES string of the molecule is COc1ccc(F)c(CNC(=O)Cc2cnc3ccc(Br)cn23)c1. The number of benzene rings is 1. The van der Waals surface area contributed by atoms with Gasteiger partial charge in [-0.15, -0.1) is 0 Å². The number of carbonyl (C=O) groups is 1. The third-order valence-electron chi connectivity index (χ3n) is 3.62. The summed E-state index contributed by atoms with van der Waals surface area (Å²) in [6, 6.07) is 8.18. The summed E-state index contributed by atoms with van der Waals surface area (Å²) in [6.07, 6.45) is 3.67. The third-order valence-corrected chi connectivity index (χ3v) is 4.09. The monoisotopic (exact) mass is 391 g/mol. The van der Waals surface area contributed by atoms with E-state index in [2.05, 4.69) is 26.2 Å². The van der Waals surface area contributed by atoms with E-state index in [1.54, 1.807) is 12.3 Å². The highest BCUT2D eigenvalue weighted by atomic mass is 79.9. The largest absolute Gasteiger partial charge is 0.497 e. The summed E-state index contributed by atoms with van der Waals surface area (Å²) in [5, 5.41) is 2.72. The zero-order chi connectivity index (χ0) is 17.1. The molecule has 7 heteroatoms. The Labute approximate surface area is 146 Å². The van der Waals surface area contributed by atoms with Gasteiger partial charge in [0.1, 0.15) is 17.2 Å². The lowest BCUT2D eigenvalue weighted by Crippen LogP contribution is -2.25. The van der Waals surface area contributed by atoms with Crippen molar-refractivity contribution in [1.29, 1.82) is 0 Å². The first kappa shape index (κ1) is 16.4. The molecule has 3 rings (SSSR count). The van der Waals surface area contributed by atoms with Crippen LogP contribution in [0, 0.1) is 5.82 Å². The van der Waals surface area contributed by atoms with Crippen molar-refractivity contribution >= 4 is 27.5 Å². The topological polar surface area (TPSA) is 55.6 Å². The van der Waals surface area contributed by atoms with Gasteiger partial charge in [-0.05, 0) is 46.3 Å². The molecule has 2 heterocycles. The number of aromatic nitrogens is 2. The molecule has 124 valence electrons. The van der Waals surface area contributed by atoms with E-state index in [9.17, 15) is 9.18 Å². The molecule has 0 aliphatic heterocycles. The van der Waals surface area contributed by atoms with E-state index in [-0.39, 0.29) is 24.7 Å². The van der Waals surface area contributed by atoms with Gasteiger partial charge in [0.15, 0.2) is 0 Å². The summed E-state index contributed by atoms with van der Waals surface area (Å²) in [6.45, 7) is 0.0995. The molecule has 0 fully saturated rings. The Balaban J connectivity index is 1.68. The summed E-state index contributed by atoms with van der Waals surface area (Å²) in [5.74, 6) is -0.0406. The number of amides is 1. The second-order valence-electron chi connectivity index (χ2n) is 5.24. The van der Waals surface area contributed by atoms with Gasteiger partial charge in [0.25, 0.3) is 0 Å². The fourth-order valence-electron chi connectivity index (χ4n) is 2.37. The van der Waals surface area contributed by atoms with Crippen LogP contribution in [0.5, 0.6) is 5.75 Å². The predicted molar refractivity (Wildman–Crippen MR) is 91.4 cm³/mol. The summed E-state index contributed by atoms with van der Waals surface area (Å²) in [7, 11) is 1.51. The molecule has 1 amide bonds. The number of carbonyl (C=O) groups excluding carboxylic acids is 1. The predicted octanol–water partition coefficient (Wildman–Crippen LogP) is 3.10. The first-order valence-corrected chi connectivity index (χ1v) is 8.06. The molecule has 0 saturated carbocycles. The van der Waals surface area contributed by atoms with Crippen molar-refractivity contribution in [3.8, 4) is 5.75 Å². The van der Waals surface area contributed by atoms with Gasteiger partial charge in [-0.2, -0.15) is 0 Å². The Kier molecular flexibility index (Phi) is 4.80. The van der Waals surface area contributed by atoms with Crippen molar-refractivity contribution in [2.45, 2.75) is 13.0 Å². The third kappa shape index (κ3) is 3.56. The van der Waals surface area contributed by atoms with Crippen LogP contribution in [0.4, 0.5) is 4.39 Å². The van der Waals surface area contributed by atoms with Crippen LogP contribution in [0.25, 0.3) is 5.65 Å². The molecule has 1 N–H and O–H groups in total. The van der Waals surface area contributed by atoms with Gasteiger partial charge in [0.05, 0.1) is 19.2 Å². The second kappa shape index (κ2) is 7.00. The molecule has 24 heavy (non-hydrogen) atoms. The molecule has 3 aromatic rings. The maximum Gasteiger partial charge on any atom is 0.226 e. The van der Waals surface area contributed by atoms with Crippen molar-refractivity contribution in [3.63, 3.8) is 0 Å². The lowest BCUT2D eigenvalue weighted by atomic mass is 10.2. The van der Waals surface area contributed by atoms with E-state index in [1.807, 2.05) is 22.7 Å². The Morgan fingerprint density at radius 3 is 3.00 bits per heavy atom. The smallest absolute Gasteiger partial charge is 0.226 e. The van der Waals surface area contributed by atoms with Gasteiger partial charge >= 0.3 is 0 Å². The standard InChI is InChI=1S/C17H15BrFN3O2/c1-24-14-3-4-15(19)11(6-14)8-21-17(23)7-13-9-20-16-5-2-12(18)10-22(13)16/h2-6,9-10H,7-8H2,1H3,(H,21,23). The van der Waals surface area contributed by atoms with Gasteiger partial charge in [-0.1, -0.05) is 0 Å². The van der Waals surface area contributed by atoms with Crippen molar-refractivity contribution in [2.24, 2.45) is 0 Å². The van der Waals surface area contributed by atoms with Crippen molar-refractivity contribution in [1.82, 2.24) is 14.7 Å². The van der Waals surface area contributed by atoms with Crippen LogP contribution in [-0.2, 0) is 17.8 Å². The van der Waals surface area contributed by atoms with Gasteiger partial charge in [0.2, 0.25) is 5.91 Å². The molecule has 0 radical (unpaired) electrons. The fraction of sp³-hybridized carbons (Fsp3) is 0.176. The first-order valence-electron chi connectivity index (χ1n) is 7.27. The highest BCUT2D eigenvalue weighted by Gasteiger charge is 2.10. The Bertz CT molecular complexity index is 895. The van der Waals surface area contributed by atoms with Crippen LogP contribution in [0.1, 0.15) is 11.3 Å². The number of ether oxygens (including phenoxy) is 1. The summed E-state index contributed by atoms with van der Waals surface area (Å²) < 4.78 is 21.6. The number of rotatable bonds is 5. The molecule has 0 unspecified atom stereocenters. The molecular formula is C17H15BrFN3O2. The van der Waals surface area contributed by atoms with Crippen LogP contribution in [0.15, 0.2) is 47.2 Å². The zero-order valence-electron chi connectivity index (χ0n) is 12.9. The molecule has 1 aromatic carbocycles. The lowest BCUT2D eigenvalue weighted by Gasteiger charge is -2.08. The number of methoxy groups -OCH3 is 1. The normalized spacial score (nSPS) is 10.8. The van der Waals surface area contributed by atoms with E-state index < -0.39 is 0 Å². The Morgan fingerprint density at radius 1 is 1.38 bits per heavy atom. The minimum atomic E-state index is -0.380. The van der Waals surface area contributed by atoms with E-state index in [4.69, 9.17) is 4.74 Å². The number of imidazole rings is 1. The van der Waals surface area contributed by atoms with Gasteiger partial charge in [-0.3, -0.25) is 4.79 Å². The van der Waals surface area contributed by atoms with Crippen molar-refractivity contribution in [3.05, 3.63) is 64.3 Å². The molecule has 0 bridgehead atoms. The minimum Gasteiger partial charge on any atom is -0.497 e. The number of halogens is 2. The van der Waals surface area contributed by atoms with Gasteiger partial charge in [-0.25, -0.2) is 9.37 Å². The Hall–Kier alpha value is -2.41. The van der Waals surface area contributed by atoms with Crippen molar-refractivity contribution < 1.29 is 13.9 Å².